The van der Waals surface area contributed by atoms with Crippen LogP contribution in [0.4, 0.5) is 4.79 Å². The minimum absolute atomic E-state index is 0.0281. The van der Waals surface area contributed by atoms with E-state index in [1.807, 2.05) is 95.3 Å². The molecule has 0 radical (unpaired) electrons. The first-order valence-corrected chi connectivity index (χ1v) is 17.7. The zero-order valence-electron chi connectivity index (χ0n) is 31.4. The van der Waals surface area contributed by atoms with Gasteiger partial charge in [0.1, 0.15) is 23.7 Å². The van der Waals surface area contributed by atoms with Crippen LogP contribution in [0.3, 0.4) is 0 Å². The molecule has 0 spiro atoms. The smallest absolute Gasteiger partial charge is 0.408 e. The van der Waals surface area contributed by atoms with Gasteiger partial charge in [0.05, 0.1) is 12.6 Å². The van der Waals surface area contributed by atoms with E-state index in [1.165, 1.54) is 11.0 Å². The Hall–Kier alpha value is -5.00. The van der Waals surface area contributed by atoms with Crippen molar-refractivity contribution in [3.8, 4) is 0 Å². The van der Waals surface area contributed by atoms with Crippen LogP contribution in [0, 0.1) is 22.7 Å². The van der Waals surface area contributed by atoms with E-state index in [2.05, 4.69) is 27.8 Å². The van der Waals surface area contributed by atoms with Crippen LogP contribution in [0.5, 0.6) is 0 Å². The van der Waals surface area contributed by atoms with Gasteiger partial charge in [-0.1, -0.05) is 101 Å². The number of hydrogen-bond donors (Lipinski definition) is 4. The number of nitrogens with zero attached hydrogens (tertiary/aromatic N) is 1. The fourth-order valence-corrected chi connectivity index (χ4v) is 6.98. The molecular formula is C40H53N5O7. The third-order valence-electron chi connectivity index (χ3n) is 9.77. The maximum absolute atomic E-state index is 14.1. The molecule has 5 atom stereocenters. The first-order chi connectivity index (χ1) is 24.3. The molecule has 1 heterocycles. The second-order valence-corrected chi connectivity index (χ2v) is 16.3. The van der Waals surface area contributed by atoms with E-state index >= 15 is 0 Å². The molecule has 52 heavy (non-hydrogen) atoms. The molecular weight excluding hydrogens is 662 g/mol. The summed E-state index contributed by atoms with van der Waals surface area (Å²) in [5.41, 5.74) is -0.0754. The average Bonchev–Trinajstić information content (AvgIpc) is 3.37. The van der Waals surface area contributed by atoms with Crippen molar-refractivity contribution in [3.05, 3.63) is 84.4 Å². The number of rotatable bonds is 13. The summed E-state index contributed by atoms with van der Waals surface area (Å²) in [5.74, 6) is -3.71. The normalized spacial score (nSPS) is 20.1. The molecule has 5 amide bonds. The topological polar surface area (TPSA) is 163 Å². The Morgan fingerprint density at radius 1 is 0.885 bits per heavy atom. The van der Waals surface area contributed by atoms with Gasteiger partial charge in [-0.25, -0.2) is 4.79 Å². The van der Waals surface area contributed by atoms with Crippen LogP contribution in [-0.4, -0.2) is 77.2 Å². The van der Waals surface area contributed by atoms with Crippen molar-refractivity contribution in [3.63, 3.8) is 0 Å². The van der Waals surface area contributed by atoms with Gasteiger partial charge in [-0.05, 0) is 61.0 Å². The average molecular weight is 716 g/mol. The molecule has 0 bridgehead atoms. The fraction of sp³-hybridized carbons (Fsp3) is 0.500. The number of carbonyl (C=O) groups excluding carboxylic acids is 6. The maximum atomic E-state index is 14.1. The van der Waals surface area contributed by atoms with Gasteiger partial charge in [-0.3, -0.25) is 24.0 Å². The zero-order valence-corrected chi connectivity index (χ0v) is 31.4. The number of alkyl carbamates (subject to hydrolysis) is 1. The van der Waals surface area contributed by atoms with E-state index in [-0.39, 0.29) is 23.7 Å². The third kappa shape index (κ3) is 9.45. The van der Waals surface area contributed by atoms with Crippen LogP contribution in [0.1, 0.15) is 79.0 Å². The van der Waals surface area contributed by atoms with E-state index < -0.39 is 77.2 Å². The minimum atomic E-state index is -1.29. The number of likely N-dealkylation sites (tertiary alicyclic amines) is 1. The fourth-order valence-electron chi connectivity index (χ4n) is 6.98. The number of piperidine rings is 1. The van der Waals surface area contributed by atoms with Gasteiger partial charge in [-0.15, -0.1) is 6.58 Å². The number of benzene rings is 2. The molecule has 1 aliphatic heterocycles. The van der Waals surface area contributed by atoms with Crippen molar-refractivity contribution in [1.29, 1.82) is 0 Å². The first kappa shape index (κ1) is 39.8. The highest BCUT2D eigenvalue weighted by atomic mass is 16.6. The van der Waals surface area contributed by atoms with E-state index in [1.54, 1.807) is 20.8 Å². The van der Waals surface area contributed by atoms with Crippen LogP contribution in [0.15, 0.2) is 73.3 Å². The lowest BCUT2D eigenvalue weighted by atomic mass is 9.85. The summed E-state index contributed by atoms with van der Waals surface area (Å²) in [6.45, 7) is 18.1. The summed E-state index contributed by atoms with van der Waals surface area (Å²) >= 11 is 0. The Morgan fingerprint density at radius 2 is 1.44 bits per heavy atom. The summed E-state index contributed by atoms with van der Waals surface area (Å²) in [6.07, 6.45) is 0.602. The SMILES string of the molecule is C=CCC(NC(=O)[C@@H]1C2C(CN1C(=O)[C@@H](NC(=O)OC(C)(C)C)C(C)(C)C)C2(C)C)C(=O)C(=O)NCC(=O)NC(c1ccccc1)c1ccccc1. The quantitative estimate of drug-likeness (QED) is 0.180. The molecule has 1 saturated heterocycles. The summed E-state index contributed by atoms with van der Waals surface area (Å²) < 4.78 is 5.43. The number of ether oxygens (including phenoxy) is 1. The molecule has 2 aromatic rings. The van der Waals surface area contributed by atoms with Gasteiger partial charge in [0.15, 0.2) is 0 Å². The number of ketones is 1. The standard InChI is InChI=1S/C40H53N5O7/c1-10-17-27(32(47)35(49)41-22-28(46)43-30(24-18-13-11-14-19-24)25-20-15-12-16-21-25)42-34(48)31-29-26(40(29,8)9)23-45(31)36(50)33(38(2,3)4)44-37(51)52-39(5,6)7/h10-16,18-21,26-27,29-31,33H,1,17,22-23H2,2-9H3,(H,41,49)(H,42,48)(H,43,46)(H,44,51)/t26?,27?,29?,31-,33+/m0/s1. The van der Waals surface area contributed by atoms with Crippen LogP contribution in [-0.2, 0) is 28.7 Å². The lowest BCUT2D eigenvalue weighted by Gasteiger charge is -2.38. The summed E-state index contributed by atoms with van der Waals surface area (Å²) in [7, 11) is 0. The number of Topliss-reactive ketones (excluding diaryl/α,β-unsaturated/α-hetero) is 1. The van der Waals surface area contributed by atoms with Crippen molar-refractivity contribution in [1.82, 2.24) is 26.2 Å². The Balaban J connectivity index is 1.45. The Bertz CT molecular complexity index is 1620. The highest BCUT2D eigenvalue weighted by molar-refractivity contribution is 6.38. The van der Waals surface area contributed by atoms with Crippen LogP contribution in [0.2, 0.25) is 0 Å². The van der Waals surface area contributed by atoms with Gasteiger partial charge < -0.3 is 30.9 Å². The van der Waals surface area contributed by atoms with Crippen molar-refractivity contribution in [2.45, 2.75) is 91.6 Å². The van der Waals surface area contributed by atoms with Gasteiger partial charge in [0.2, 0.25) is 23.5 Å². The van der Waals surface area contributed by atoms with Crippen molar-refractivity contribution < 1.29 is 33.5 Å². The predicted octanol–water partition coefficient (Wildman–Crippen LogP) is 4.06. The third-order valence-corrected chi connectivity index (χ3v) is 9.77. The van der Waals surface area contributed by atoms with Gasteiger partial charge in [-0.2, -0.15) is 0 Å². The molecule has 12 heteroatoms. The number of amides is 5. The number of hydrogen-bond acceptors (Lipinski definition) is 7. The molecule has 1 aliphatic carbocycles. The molecule has 2 fully saturated rings. The van der Waals surface area contributed by atoms with Crippen LogP contribution < -0.4 is 21.3 Å². The van der Waals surface area contributed by atoms with E-state index in [4.69, 9.17) is 4.74 Å². The number of nitrogens with one attached hydrogen (secondary N) is 4. The largest absolute Gasteiger partial charge is 0.444 e. The van der Waals surface area contributed by atoms with E-state index in [0.717, 1.165) is 11.1 Å². The molecule has 4 N–H and O–H groups in total. The molecule has 2 aromatic carbocycles. The monoisotopic (exact) mass is 715 g/mol. The molecule has 12 nitrogen and oxygen atoms in total. The van der Waals surface area contributed by atoms with E-state index in [9.17, 15) is 28.8 Å². The van der Waals surface area contributed by atoms with Crippen molar-refractivity contribution >= 4 is 35.5 Å². The maximum Gasteiger partial charge on any atom is 0.408 e. The van der Waals surface area contributed by atoms with Gasteiger partial charge >= 0.3 is 6.09 Å². The Kier molecular flexibility index (Phi) is 12.0. The Morgan fingerprint density at radius 3 is 1.94 bits per heavy atom. The van der Waals surface area contributed by atoms with E-state index in [0.29, 0.717) is 6.54 Å². The molecule has 280 valence electrons. The predicted molar refractivity (Wildman–Crippen MR) is 197 cm³/mol. The van der Waals surface area contributed by atoms with Crippen LogP contribution >= 0.6 is 0 Å². The Labute approximate surface area is 306 Å². The lowest BCUT2D eigenvalue weighted by molar-refractivity contribution is -0.145. The summed E-state index contributed by atoms with van der Waals surface area (Å²) in [5, 5.41) is 10.7. The van der Waals surface area contributed by atoms with Gasteiger partial charge in [0.25, 0.3) is 5.91 Å². The first-order valence-electron chi connectivity index (χ1n) is 17.7. The highest BCUT2D eigenvalue weighted by Crippen LogP contribution is 2.65. The molecule has 2 aliphatic rings. The van der Waals surface area contributed by atoms with Gasteiger partial charge in [0, 0.05) is 6.54 Å². The molecule has 0 aromatic heterocycles. The zero-order chi connectivity index (χ0) is 38.6. The van der Waals surface area contributed by atoms with Crippen molar-refractivity contribution in [2.24, 2.45) is 22.7 Å². The summed E-state index contributed by atoms with van der Waals surface area (Å²) in [6, 6.07) is 15.0. The highest BCUT2D eigenvalue weighted by Gasteiger charge is 2.70. The molecule has 3 unspecified atom stereocenters. The van der Waals surface area contributed by atoms with Crippen LogP contribution in [0.25, 0.3) is 0 Å². The number of carbonyl (C=O) groups is 6. The lowest BCUT2D eigenvalue weighted by Crippen LogP contribution is -2.60. The molecule has 1 saturated carbocycles. The second-order valence-electron chi connectivity index (χ2n) is 16.3. The molecule has 4 rings (SSSR count). The van der Waals surface area contributed by atoms with Crippen molar-refractivity contribution in [2.75, 3.05) is 13.1 Å². The number of fused-ring (bicyclic) bond motifs is 1. The summed E-state index contributed by atoms with van der Waals surface area (Å²) in [4.78, 5) is 82.0. The minimum Gasteiger partial charge on any atom is -0.444 e. The second kappa shape index (κ2) is 15.7.